The smallest absolute Gasteiger partial charge is 0.174 e. The van der Waals surface area contributed by atoms with Crippen molar-refractivity contribution in [1.29, 1.82) is 0 Å². The summed E-state index contributed by atoms with van der Waals surface area (Å²) in [7, 11) is 0. The van der Waals surface area contributed by atoms with E-state index in [1.165, 1.54) is 0 Å². The van der Waals surface area contributed by atoms with Gasteiger partial charge in [0.25, 0.3) is 0 Å². The second-order valence-electron chi connectivity index (χ2n) is 5.01. The predicted molar refractivity (Wildman–Crippen MR) is 83.7 cm³/mol. The second kappa shape index (κ2) is 9.89. The molecule has 0 radical (unpaired) electrons. The van der Waals surface area contributed by atoms with E-state index in [4.69, 9.17) is 15.3 Å². The van der Waals surface area contributed by atoms with Crippen molar-refractivity contribution >= 4 is 0 Å². The molecule has 1 aromatic rings. The second-order valence-corrected chi connectivity index (χ2v) is 5.01. The molecule has 0 aromatic carbocycles. The van der Waals surface area contributed by atoms with E-state index in [1.54, 1.807) is 0 Å². The van der Waals surface area contributed by atoms with Crippen LogP contribution in [0.2, 0.25) is 0 Å². The van der Waals surface area contributed by atoms with Gasteiger partial charge in [-0.2, -0.15) is 5.10 Å². The van der Waals surface area contributed by atoms with E-state index in [0.29, 0.717) is 25.7 Å². The van der Waals surface area contributed by atoms with Crippen LogP contribution < -0.4 is 11.3 Å². The van der Waals surface area contributed by atoms with Crippen LogP contribution >= 0.6 is 0 Å². The van der Waals surface area contributed by atoms with Gasteiger partial charge in [-0.3, -0.25) is 16.0 Å². The van der Waals surface area contributed by atoms with Crippen LogP contribution in [0.25, 0.3) is 0 Å². The zero-order chi connectivity index (χ0) is 15.7. The van der Waals surface area contributed by atoms with Crippen LogP contribution in [0.4, 0.5) is 0 Å². The van der Waals surface area contributed by atoms with Gasteiger partial charge in [-0.1, -0.05) is 13.8 Å². The molecule has 3 N–H and O–H groups in total. The van der Waals surface area contributed by atoms with Crippen molar-refractivity contribution in [3.63, 3.8) is 0 Å². The molecule has 0 saturated heterocycles. The van der Waals surface area contributed by atoms with Crippen LogP contribution in [-0.2, 0) is 15.9 Å². The molecule has 6 heteroatoms. The lowest BCUT2D eigenvalue weighted by Crippen LogP contribution is -2.48. The Morgan fingerprint density at radius 2 is 1.81 bits per heavy atom. The molecule has 0 amide bonds. The van der Waals surface area contributed by atoms with Crippen molar-refractivity contribution in [3.8, 4) is 0 Å². The first-order valence-corrected chi connectivity index (χ1v) is 7.93. The molecular formula is C15H30N4O2. The monoisotopic (exact) mass is 298 g/mol. The van der Waals surface area contributed by atoms with Crippen molar-refractivity contribution in [2.75, 3.05) is 13.2 Å². The summed E-state index contributed by atoms with van der Waals surface area (Å²) < 4.78 is 13.3. The van der Waals surface area contributed by atoms with Gasteiger partial charge in [-0.25, -0.2) is 0 Å². The lowest BCUT2D eigenvalue weighted by Gasteiger charge is -2.25. The van der Waals surface area contributed by atoms with Gasteiger partial charge in [-0.05, 0) is 32.8 Å². The number of hydrogen-bond donors (Lipinski definition) is 2. The summed E-state index contributed by atoms with van der Waals surface area (Å²) in [5.41, 5.74) is 3.78. The topological polar surface area (TPSA) is 74.3 Å². The van der Waals surface area contributed by atoms with Crippen LogP contribution in [0.15, 0.2) is 12.3 Å². The maximum absolute atomic E-state index is 5.66. The molecule has 21 heavy (non-hydrogen) atoms. The Bertz CT molecular complexity index is 374. The fraction of sp³-hybridized carbons (Fsp3) is 0.800. The van der Waals surface area contributed by atoms with Crippen LogP contribution in [0.1, 0.15) is 52.3 Å². The SMILES string of the molecule is CCOC(OCC)C(Cc1ccn(C(CC)CC)n1)NN. The van der Waals surface area contributed by atoms with Crippen molar-refractivity contribution in [2.45, 2.75) is 65.3 Å². The van der Waals surface area contributed by atoms with Crippen molar-refractivity contribution < 1.29 is 9.47 Å². The summed E-state index contributed by atoms with van der Waals surface area (Å²) in [5, 5.41) is 4.65. The standard InChI is InChI=1S/C15H30N4O2/c1-5-13(6-2)19-10-9-12(18-19)11-14(17-16)15(20-7-3)21-8-4/h9-10,13-15,17H,5-8,11,16H2,1-4H3. The van der Waals surface area contributed by atoms with Crippen LogP contribution in [0, 0.1) is 0 Å². The molecule has 1 atom stereocenters. The lowest BCUT2D eigenvalue weighted by molar-refractivity contribution is -0.153. The van der Waals surface area contributed by atoms with Gasteiger partial charge in [0.2, 0.25) is 0 Å². The highest BCUT2D eigenvalue weighted by atomic mass is 16.7. The van der Waals surface area contributed by atoms with Crippen molar-refractivity contribution in [2.24, 2.45) is 5.84 Å². The Hall–Kier alpha value is -0.950. The molecule has 1 heterocycles. The minimum atomic E-state index is -0.358. The zero-order valence-electron chi connectivity index (χ0n) is 13.7. The van der Waals surface area contributed by atoms with Gasteiger partial charge in [0.1, 0.15) is 0 Å². The third kappa shape index (κ3) is 5.39. The van der Waals surface area contributed by atoms with Crippen molar-refractivity contribution in [3.05, 3.63) is 18.0 Å². The summed E-state index contributed by atoms with van der Waals surface area (Å²) in [5.74, 6) is 5.66. The fourth-order valence-electron chi connectivity index (χ4n) is 2.42. The first kappa shape index (κ1) is 18.1. The van der Waals surface area contributed by atoms with E-state index in [9.17, 15) is 0 Å². The van der Waals surface area contributed by atoms with Gasteiger partial charge >= 0.3 is 0 Å². The number of nitrogens with zero attached hydrogens (tertiary/aromatic N) is 2. The Labute approximate surface area is 128 Å². The van der Waals surface area contributed by atoms with E-state index >= 15 is 0 Å². The van der Waals surface area contributed by atoms with Crippen LogP contribution in [0.5, 0.6) is 0 Å². The number of aromatic nitrogens is 2. The van der Waals surface area contributed by atoms with Gasteiger partial charge in [0.15, 0.2) is 6.29 Å². The third-order valence-corrected chi connectivity index (χ3v) is 3.61. The maximum atomic E-state index is 5.66. The van der Waals surface area contributed by atoms with Gasteiger partial charge < -0.3 is 9.47 Å². The van der Waals surface area contributed by atoms with Crippen molar-refractivity contribution in [1.82, 2.24) is 15.2 Å². The third-order valence-electron chi connectivity index (χ3n) is 3.61. The Balaban J connectivity index is 2.71. The Morgan fingerprint density at radius 3 is 2.29 bits per heavy atom. The molecular weight excluding hydrogens is 268 g/mol. The molecule has 0 bridgehead atoms. The average Bonchev–Trinajstić information content (AvgIpc) is 2.94. The first-order chi connectivity index (χ1) is 10.2. The minimum Gasteiger partial charge on any atom is -0.351 e. The van der Waals surface area contributed by atoms with Crippen LogP contribution in [0.3, 0.4) is 0 Å². The summed E-state index contributed by atoms with van der Waals surface area (Å²) in [6, 6.07) is 2.38. The molecule has 0 spiro atoms. The molecule has 6 nitrogen and oxygen atoms in total. The van der Waals surface area contributed by atoms with E-state index < -0.39 is 0 Å². The lowest BCUT2D eigenvalue weighted by atomic mass is 10.1. The molecule has 122 valence electrons. The molecule has 0 aliphatic carbocycles. The zero-order valence-corrected chi connectivity index (χ0v) is 13.7. The molecule has 0 fully saturated rings. The summed E-state index contributed by atoms with van der Waals surface area (Å²) >= 11 is 0. The summed E-state index contributed by atoms with van der Waals surface area (Å²) in [6.07, 6.45) is 4.52. The number of rotatable bonds is 11. The highest BCUT2D eigenvalue weighted by molar-refractivity contribution is 5.02. The average molecular weight is 298 g/mol. The summed E-state index contributed by atoms with van der Waals surface area (Å²) in [6.45, 7) is 9.43. The fourth-order valence-corrected chi connectivity index (χ4v) is 2.42. The highest BCUT2D eigenvalue weighted by Crippen LogP contribution is 2.16. The largest absolute Gasteiger partial charge is 0.351 e. The molecule has 0 saturated carbocycles. The normalized spacial score (nSPS) is 13.3. The molecule has 0 aliphatic rings. The number of nitrogens with two attached hydrogens (primary N) is 1. The highest BCUT2D eigenvalue weighted by Gasteiger charge is 2.22. The summed E-state index contributed by atoms with van der Waals surface area (Å²) in [4.78, 5) is 0. The molecule has 1 unspecified atom stereocenters. The molecule has 1 rings (SSSR count). The van der Waals surface area contributed by atoms with E-state index in [1.807, 2.05) is 30.8 Å². The maximum Gasteiger partial charge on any atom is 0.174 e. The van der Waals surface area contributed by atoms with Crippen LogP contribution in [-0.4, -0.2) is 35.3 Å². The number of nitrogens with one attached hydrogen (secondary N) is 1. The van der Waals surface area contributed by atoms with Gasteiger partial charge in [0.05, 0.1) is 17.8 Å². The van der Waals surface area contributed by atoms with Gasteiger partial charge in [0, 0.05) is 25.8 Å². The Kier molecular flexibility index (Phi) is 8.52. The number of hydrogen-bond acceptors (Lipinski definition) is 5. The van der Waals surface area contributed by atoms with E-state index in [2.05, 4.69) is 24.4 Å². The predicted octanol–water partition coefficient (Wildman–Crippen LogP) is 2.02. The molecule has 0 aliphatic heterocycles. The quantitative estimate of drug-likeness (QED) is 0.371. The molecule has 1 aromatic heterocycles. The Morgan fingerprint density at radius 1 is 1.19 bits per heavy atom. The number of ether oxygens (including phenoxy) is 2. The first-order valence-electron chi connectivity index (χ1n) is 7.93. The minimum absolute atomic E-state index is 0.116. The van der Waals surface area contributed by atoms with E-state index in [0.717, 1.165) is 18.5 Å². The van der Waals surface area contributed by atoms with Gasteiger partial charge in [-0.15, -0.1) is 0 Å². The number of hydrazine groups is 1. The van der Waals surface area contributed by atoms with E-state index in [-0.39, 0.29) is 12.3 Å².